The van der Waals surface area contributed by atoms with Gasteiger partial charge in [0, 0.05) is 6.42 Å². The number of hydrogen-bond donors (Lipinski definition) is 2. The predicted molar refractivity (Wildman–Crippen MR) is 71.7 cm³/mol. The van der Waals surface area contributed by atoms with Gasteiger partial charge < -0.3 is 10.7 Å². The Balaban J connectivity index is 2.01. The number of aromatic amines is 1. The van der Waals surface area contributed by atoms with Crippen LogP contribution in [0.1, 0.15) is 44.9 Å². The third-order valence-corrected chi connectivity index (χ3v) is 2.66. The lowest BCUT2D eigenvalue weighted by Gasteiger charge is -1.95. The maximum atomic E-state index is 5.77. The maximum Gasteiger partial charge on any atom is 0.208 e. The molecule has 5 heteroatoms. The molecule has 0 saturated heterocycles. The van der Waals surface area contributed by atoms with E-state index in [0.29, 0.717) is 22.8 Å². The highest BCUT2D eigenvalue weighted by molar-refractivity contribution is 5.81. The predicted octanol–water partition coefficient (Wildman–Crippen LogP) is 2.26. The SMILES string of the molecule is CCCCCCC#Cc1nc(N)c2nc[nH]c2n1. The smallest absolute Gasteiger partial charge is 0.208 e. The maximum absolute atomic E-state index is 5.77. The molecule has 5 nitrogen and oxygen atoms in total. The van der Waals surface area contributed by atoms with Crippen molar-refractivity contribution in [3.05, 3.63) is 12.2 Å². The van der Waals surface area contributed by atoms with Gasteiger partial charge in [0.25, 0.3) is 0 Å². The number of imidazole rings is 1. The molecule has 18 heavy (non-hydrogen) atoms. The van der Waals surface area contributed by atoms with E-state index in [4.69, 9.17) is 5.73 Å². The van der Waals surface area contributed by atoms with E-state index < -0.39 is 0 Å². The lowest BCUT2D eigenvalue weighted by Crippen LogP contribution is -1.97. The van der Waals surface area contributed by atoms with Gasteiger partial charge in [0.2, 0.25) is 5.82 Å². The topological polar surface area (TPSA) is 80.5 Å². The number of aromatic nitrogens is 4. The molecule has 0 radical (unpaired) electrons. The van der Waals surface area contributed by atoms with Gasteiger partial charge in [-0.25, -0.2) is 15.0 Å². The van der Waals surface area contributed by atoms with E-state index in [2.05, 4.69) is 38.7 Å². The second-order valence-electron chi connectivity index (χ2n) is 4.14. The summed E-state index contributed by atoms with van der Waals surface area (Å²) >= 11 is 0. The number of nitrogens with two attached hydrogens (primary N) is 1. The van der Waals surface area contributed by atoms with Gasteiger partial charge in [-0.2, -0.15) is 0 Å². The highest BCUT2D eigenvalue weighted by Gasteiger charge is 2.04. The van der Waals surface area contributed by atoms with E-state index in [1.807, 2.05) is 0 Å². The summed E-state index contributed by atoms with van der Waals surface area (Å²) in [7, 11) is 0. The van der Waals surface area contributed by atoms with Crippen molar-refractivity contribution in [1.82, 2.24) is 19.9 Å². The Morgan fingerprint density at radius 1 is 1.28 bits per heavy atom. The van der Waals surface area contributed by atoms with Crippen molar-refractivity contribution >= 4 is 17.0 Å². The van der Waals surface area contributed by atoms with Crippen molar-refractivity contribution in [2.45, 2.75) is 39.0 Å². The highest BCUT2D eigenvalue weighted by atomic mass is 15.0. The molecule has 0 aliphatic rings. The number of nitrogen functional groups attached to an aromatic ring is 1. The molecule has 0 bridgehead atoms. The summed E-state index contributed by atoms with van der Waals surface area (Å²) in [6.45, 7) is 2.20. The van der Waals surface area contributed by atoms with Crippen LogP contribution in [0.25, 0.3) is 11.2 Å². The molecule has 0 unspecified atom stereocenters. The van der Waals surface area contributed by atoms with Gasteiger partial charge in [0.15, 0.2) is 11.5 Å². The minimum absolute atomic E-state index is 0.372. The molecule has 94 valence electrons. The quantitative estimate of drug-likeness (QED) is 0.637. The first kappa shape index (κ1) is 12.4. The molecule has 0 aromatic carbocycles. The van der Waals surface area contributed by atoms with Gasteiger partial charge >= 0.3 is 0 Å². The van der Waals surface area contributed by atoms with E-state index in [1.165, 1.54) is 19.3 Å². The molecule has 2 rings (SSSR count). The van der Waals surface area contributed by atoms with Gasteiger partial charge in [-0.15, -0.1) is 0 Å². The fraction of sp³-hybridized carbons (Fsp3) is 0.462. The first-order valence-corrected chi connectivity index (χ1v) is 6.26. The summed E-state index contributed by atoms with van der Waals surface area (Å²) in [5.74, 6) is 6.85. The van der Waals surface area contributed by atoms with Crippen LogP contribution in [0.15, 0.2) is 6.33 Å². The van der Waals surface area contributed by atoms with Crippen molar-refractivity contribution in [2.24, 2.45) is 0 Å². The molecule has 0 amide bonds. The summed E-state index contributed by atoms with van der Waals surface area (Å²) in [5, 5.41) is 0. The molecule has 0 aliphatic heterocycles. The summed E-state index contributed by atoms with van der Waals surface area (Å²) in [5.41, 5.74) is 7.01. The molecule has 0 atom stereocenters. The lowest BCUT2D eigenvalue weighted by molar-refractivity contribution is 0.679. The standard InChI is InChI=1S/C13H17N5/c1-2-3-4-5-6-7-8-10-17-12(14)11-13(18-10)16-9-15-11/h9H,2-6H2,1H3,(H3,14,15,16,17,18). The van der Waals surface area contributed by atoms with Crippen LogP contribution in [-0.4, -0.2) is 19.9 Å². The molecule has 2 aromatic heterocycles. The number of rotatable bonds is 4. The molecule has 3 N–H and O–H groups in total. The number of nitrogens with zero attached hydrogens (tertiary/aromatic N) is 3. The normalized spacial score (nSPS) is 10.3. The Morgan fingerprint density at radius 2 is 2.17 bits per heavy atom. The molecule has 0 saturated carbocycles. The minimum Gasteiger partial charge on any atom is -0.382 e. The average molecular weight is 243 g/mol. The minimum atomic E-state index is 0.372. The van der Waals surface area contributed by atoms with Crippen LogP contribution in [0.2, 0.25) is 0 Å². The Morgan fingerprint density at radius 3 is 3.00 bits per heavy atom. The third kappa shape index (κ3) is 2.98. The Labute approximate surface area is 106 Å². The number of nitrogens with one attached hydrogen (secondary N) is 1. The van der Waals surface area contributed by atoms with Crippen LogP contribution in [-0.2, 0) is 0 Å². The Hall–Kier alpha value is -2.09. The van der Waals surface area contributed by atoms with Gasteiger partial charge in [-0.3, -0.25) is 0 Å². The van der Waals surface area contributed by atoms with E-state index in [1.54, 1.807) is 6.33 Å². The molecule has 0 spiro atoms. The summed E-state index contributed by atoms with van der Waals surface area (Å²) in [6, 6.07) is 0. The van der Waals surface area contributed by atoms with Crippen molar-refractivity contribution in [3.63, 3.8) is 0 Å². The van der Waals surface area contributed by atoms with Crippen LogP contribution < -0.4 is 5.73 Å². The zero-order valence-corrected chi connectivity index (χ0v) is 10.5. The molecular weight excluding hydrogens is 226 g/mol. The van der Waals surface area contributed by atoms with E-state index in [9.17, 15) is 0 Å². The molecular formula is C13H17N5. The van der Waals surface area contributed by atoms with Gasteiger partial charge in [-0.05, 0) is 12.3 Å². The van der Waals surface area contributed by atoms with Crippen molar-refractivity contribution in [2.75, 3.05) is 5.73 Å². The van der Waals surface area contributed by atoms with Gasteiger partial charge in [0.1, 0.15) is 5.52 Å². The van der Waals surface area contributed by atoms with Crippen molar-refractivity contribution < 1.29 is 0 Å². The van der Waals surface area contributed by atoms with Crippen molar-refractivity contribution in [3.8, 4) is 11.8 Å². The number of anilines is 1. The number of unbranched alkanes of at least 4 members (excludes halogenated alkanes) is 4. The zero-order chi connectivity index (χ0) is 12.8. The van der Waals surface area contributed by atoms with Crippen LogP contribution in [0.5, 0.6) is 0 Å². The van der Waals surface area contributed by atoms with E-state index >= 15 is 0 Å². The Bertz CT molecular complexity index is 576. The number of fused-ring (bicyclic) bond motifs is 1. The van der Waals surface area contributed by atoms with Gasteiger partial charge in [-0.1, -0.05) is 32.1 Å². The van der Waals surface area contributed by atoms with Crippen LogP contribution in [0, 0.1) is 11.8 Å². The summed E-state index contributed by atoms with van der Waals surface area (Å²) in [4.78, 5) is 15.3. The zero-order valence-electron chi connectivity index (χ0n) is 10.5. The lowest BCUT2D eigenvalue weighted by atomic mass is 10.2. The molecule has 0 fully saturated rings. The first-order chi connectivity index (χ1) is 8.81. The number of hydrogen-bond acceptors (Lipinski definition) is 4. The summed E-state index contributed by atoms with van der Waals surface area (Å²) < 4.78 is 0. The summed E-state index contributed by atoms with van der Waals surface area (Å²) in [6.07, 6.45) is 7.30. The second-order valence-corrected chi connectivity index (χ2v) is 4.14. The van der Waals surface area contributed by atoms with Crippen molar-refractivity contribution in [1.29, 1.82) is 0 Å². The first-order valence-electron chi connectivity index (χ1n) is 6.26. The Kier molecular flexibility index (Phi) is 4.13. The molecule has 2 aromatic rings. The third-order valence-electron chi connectivity index (χ3n) is 2.66. The second kappa shape index (κ2) is 6.01. The fourth-order valence-corrected chi connectivity index (χ4v) is 1.70. The van der Waals surface area contributed by atoms with Gasteiger partial charge in [0.05, 0.1) is 6.33 Å². The average Bonchev–Trinajstić information content (AvgIpc) is 2.82. The monoisotopic (exact) mass is 243 g/mol. The van der Waals surface area contributed by atoms with E-state index in [0.717, 1.165) is 12.8 Å². The number of H-pyrrole nitrogens is 1. The van der Waals surface area contributed by atoms with Crippen LogP contribution in [0.3, 0.4) is 0 Å². The van der Waals surface area contributed by atoms with Crippen LogP contribution >= 0.6 is 0 Å². The molecule has 0 aliphatic carbocycles. The van der Waals surface area contributed by atoms with E-state index in [-0.39, 0.29) is 0 Å². The van der Waals surface area contributed by atoms with Crippen LogP contribution in [0.4, 0.5) is 5.82 Å². The highest BCUT2D eigenvalue weighted by Crippen LogP contribution is 2.12. The largest absolute Gasteiger partial charge is 0.382 e. The fourth-order valence-electron chi connectivity index (χ4n) is 1.70. The molecule has 2 heterocycles.